The molecule has 2 rings (SSSR count). The van der Waals surface area contributed by atoms with Gasteiger partial charge < -0.3 is 5.11 Å². The molecule has 1 atom stereocenters. The van der Waals surface area contributed by atoms with E-state index in [-0.39, 0.29) is 13.2 Å². The minimum absolute atomic E-state index is 0.0684. The van der Waals surface area contributed by atoms with Crippen LogP contribution in [-0.4, -0.2) is 42.7 Å². The van der Waals surface area contributed by atoms with Crippen LogP contribution in [0.15, 0.2) is 24.3 Å². The van der Waals surface area contributed by atoms with Gasteiger partial charge >= 0.3 is 0 Å². The third kappa shape index (κ3) is 3.01. The highest BCUT2D eigenvalue weighted by molar-refractivity contribution is 5.40. The molecule has 0 bridgehead atoms. The number of aliphatic hydroxyl groups excluding tert-OH is 1. The maximum absolute atomic E-state index is 12.4. The van der Waals surface area contributed by atoms with E-state index in [0.29, 0.717) is 19.0 Å². The van der Waals surface area contributed by atoms with Crippen LogP contribution in [0.25, 0.3) is 0 Å². The molecular formula is C13H17F2NO. The normalized spacial score (nSPS) is 18.3. The second kappa shape index (κ2) is 5.56. The molecule has 0 fully saturated rings. The molecule has 0 heterocycles. The molecule has 0 amide bonds. The fraction of sp³-hybridized carbons (Fsp3) is 0.538. The predicted molar refractivity (Wildman–Crippen MR) is 62.4 cm³/mol. The molecule has 0 saturated carbocycles. The largest absolute Gasteiger partial charge is 0.395 e. The summed E-state index contributed by atoms with van der Waals surface area (Å²) in [6, 6.07) is 8.12. The molecule has 17 heavy (non-hydrogen) atoms. The molecule has 1 aliphatic rings. The first-order valence-corrected chi connectivity index (χ1v) is 5.90. The number of aliphatic hydroxyl groups is 1. The fourth-order valence-electron chi connectivity index (χ4n) is 2.43. The van der Waals surface area contributed by atoms with Crippen molar-refractivity contribution in [2.75, 3.05) is 26.2 Å². The molecule has 4 heteroatoms. The zero-order valence-corrected chi connectivity index (χ0v) is 9.65. The SMILES string of the molecule is OCCN(CC(F)F)CC1Cc2ccccc21. The van der Waals surface area contributed by atoms with Gasteiger partial charge in [0.25, 0.3) is 6.43 Å². The Labute approximate surface area is 99.9 Å². The van der Waals surface area contributed by atoms with Crippen molar-refractivity contribution >= 4 is 0 Å². The van der Waals surface area contributed by atoms with E-state index in [4.69, 9.17) is 5.11 Å². The number of fused-ring (bicyclic) bond motifs is 1. The van der Waals surface area contributed by atoms with Crippen LogP contribution < -0.4 is 0 Å². The number of hydrogen-bond donors (Lipinski definition) is 1. The third-order valence-electron chi connectivity index (χ3n) is 3.25. The van der Waals surface area contributed by atoms with Crippen LogP contribution in [0.2, 0.25) is 0 Å². The summed E-state index contributed by atoms with van der Waals surface area (Å²) >= 11 is 0. The zero-order chi connectivity index (χ0) is 12.3. The van der Waals surface area contributed by atoms with E-state index in [1.807, 2.05) is 12.1 Å². The Kier molecular flexibility index (Phi) is 4.07. The van der Waals surface area contributed by atoms with Crippen molar-refractivity contribution < 1.29 is 13.9 Å². The molecule has 1 aliphatic carbocycles. The maximum Gasteiger partial charge on any atom is 0.251 e. The first-order chi connectivity index (χ1) is 8.20. The van der Waals surface area contributed by atoms with E-state index < -0.39 is 6.43 Å². The molecule has 0 aliphatic heterocycles. The first kappa shape index (κ1) is 12.5. The minimum Gasteiger partial charge on any atom is -0.395 e. The van der Waals surface area contributed by atoms with Crippen molar-refractivity contribution in [1.29, 1.82) is 0 Å². The second-order valence-corrected chi connectivity index (χ2v) is 4.47. The van der Waals surface area contributed by atoms with Gasteiger partial charge in [0, 0.05) is 19.0 Å². The molecule has 0 aromatic heterocycles. The molecule has 1 aromatic carbocycles. The van der Waals surface area contributed by atoms with Gasteiger partial charge in [0.2, 0.25) is 0 Å². The molecule has 0 spiro atoms. The number of benzene rings is 1. The topological polar surface area (TPSA) is 23.5 Å². The van der Waals surface area contributed by atoms with E-state index in [1.54, 1.807) is 4.90 Å². The summed E-state index contributed by atoms with van der Waals surface area (Å²) in [5.41, 5.74) is 2.59. The van der Waals surface area contributed by atoms with Crippen molar-refractivity contribution in [1.82, 2.24) is 4.90 Å². The van der Waals surface area contributed by atoms with Crippen LogP contribution in [0.5, 0.6) is 0 Å². The van der Waals surface area contributed by atoms with Gasteiger partial charge in [0.05, 0.1) is 13.2 Å². The van der Waals surface area contributed by atoms with E-state index in [1.165, 1.54) is 11.1 Å². The lowest BCUT2D eigenvalue weighted by Gasteiger charge is -2.34. The highest BCUT2D eigenvalue weighted by Gasteiger charge is 2.27. The number of halogens is 2. The van der Waals surface area contributed by atoms with Gasteiger partial charge in [0.1, 0.15) is 0 Å². The van der Waals surface area contributed by atoms with Crippen LogP contribution >= 0.6 is 0 Å². The van der Waals surface area contributed by atoms with Crippen LogP contribution in [0.3, 0.4) is 0 Å². The average molecular weight is 241 g/mol. The molecule has 1 N–H and O–H groups in total. The second-order valence-electron chi connectivity index (χ2n) is 4.47. The van der Waals surface area contributed by atoms with Crippen LogP contribution in [0, 0.1) is 0 Å². The van der Waals surface area contributed by atoms with E-state index in [2.05, 4.69) is 12.1 Å². The number of nitrogens with zero attached hydrogens (tertiary/aromatic N) is 1. The van der Waals surface area contributed by atoms with Gasteiger partial charge in [-0.2, -0.15) is 0 Å². The highest BCUT2D eigenvalue weighted by atomic mass is 19.3. The summed E-state index contributed by atoms with van der Waals surface area (Å²) in [6.07, 6.45) is -1.38. The van der Waals surface area contributed by atoms with Gasteiger partial charge in [-0.25, -0.2) is 8.78 Å². The van der Waals surface area contributed by atoms with E-state index in [9.17, 15) is 8.78 Å². The quantitative estimate of drug-likeness (QED) is 0.822. The number of hydrogen-bond acceptors (Lipinski definition) is 2. The Bertz CT molecular complexity index is 370. The molecule has 94 valence electrons. The fourth-order valence-corrected chi connectivity index (χ4v) is 2.43. The van der Waals surface area contributed by atoms with Crippen molar-refractivity contribution in [2.45, 2.75) is 18.8 Å². The van der Waals surface area contributed by atoms with Crippen LogP contribution in [0.4, 0.5) is 8.78 Å². The molecule has 1 aromatic rings. The van der Waals surface area contributed by atoms with Crippen molar-refractivity contribution in [3.8, 4) is 0 Å². The van der Waals surface area contributed by atoms with Crippen LogP contribution in [-0.2, 0) is 6.42 Å². The molecule has 0 saturated heterocycles. The van der Waals surface area contributed by atoms with Gasteiger partial charge in [-0.15, -0.1) is 0 Å². The maximum atomic E-state index is 12.4. The van der Waals surface area contributed by atoms with E-state index in [0.717, 1.165) is 6.42 Å². The lowest BCUT2D eigenvalue weighted by Crippen LogP contribution is -2.38. The summed E-state index contributed by atoms with van der Waals surface area (Å²) in [7, 11) is 0. The molecule has 2 nitrogen and oxygen atoms in total. The Hall–Kier alpha value is -1.00. The minimum atomic E-state index is -2.34. The van der Waals surface area contributed by atoms with Crippen molar-refractivity contribution in [3.63, 3.8) is 0 Å². The lowest BCUT2D eigenvalue weighted by molar-refractivity contribution is 0.0738. The van der Waals surface area contributed by atoms with Crippen LogP contribution in [0.1, 0.15) is 17.0 Å². The van der Waals surface area contributed by atoms with Crippen molar-refractivity contribution in [2.24, 2.45) is 0 Å². The first-order valence-electron chi connectivity index (χ1n) is 5.90. The standard InChI is InChI=1S/C13H17F2NO/c14-13(15)9-16(5-6-17)8-11-7-10-3-1-2-4-12(10)11/h1-4,11,13,17H,5-9H2. The van der Waals surface area contributed by atoms with Gasteiger partial charge in [-0.05, 0) is 17.5 Å². The number of alkyl halides is 2. The Morgan fingerprint density at radius 3 is 2.76 bits per heavy atom. The number of rotatable bonds is 6. The monoisotopic (exact) mass is 241 g/mol. The van der Waals surface area contributed by atoms with Crippen molar-refractivity contribution in [3.05, 3.63) is 35.4 Å². The summed E-state index contributed by atoms with van der Waals surface area (Å²) in [5.74, 6) is 0.344. The highest BCUT2D eigenvalue weighted by Crippen LogP contribution is 2.35. The Morgan fingerprint density at radius 1 is 1.35 bits per heavy atom. The van der Waals surface area contributed by atoms with Gasteiger partial charge in [-0.1, -0.05) is 24.3 Å². The summed E-state index contributed by atoms with van der Waals surface area (Å²) in [6.45, 7) is 0.616. The Balaban J connectivity index is 1.92. The summed E-state index contributed by atoms with van der Waals surface area (Å²) in [5, 5.41) is 8.86. The lowest BCUT2D eigenvalue weighted by atomic mass is 9.77. The predicted octanol–water partition coefficient (Wildman–Crippen LogP) is 1.89. The van der Waals surface area contributed by atoms with Gasteiger partial charge in [0.15, 0.2) is 0 Å². The molecule has 1 unspecified atom stereocenters. The molecule has 0 radical (unpaired) electrons. The Morgan fingerprint density at radius 2 is 2.12 bits per heavy atom. The zero-order valence-electron chi connectivity index (χ0n) is 9.65. The smallest absolute Gasteiger partial charge is 0.251 e. The third-order valence-corrected chi connectivity index (χ3v) is 3.25. The summed E-state index contributed by atoms with van der Waals surface area (Å²) in [4.78, 5) is 1.64. The summed E-state index contributed by atoms with van der Waals surface area (Å²) < 4.78 is 24.7. The van der Waals surface area contributed by atoms with Gasteiger partial charge in [-0.3, -0.25) is 4.90 Å². The van der Waals surface area contributed by atoms with E-state index >= 15 is 0 Å². The average Bonchev–Trinajstić information content (AvgIpc) is 2.25. The molecular weight excluding hydrogens is 224 g/mol.